The predicted molar refractivity (Wildman–Crippen MR) is 152 cm³/mol. The van der Waals surface area contributed by atoms with E-state index in [9.17, 15) is 40.9 Å². The Balaban J connectivity index is 1.22. The summed E-state index contributed by atoms with van der Waals surface area (Å²) < 4.78 is 17.9. The largest absolute Gasteiger partial charge is 0.396 e. The number of epoxide rings is 1. The fourth-order valence-corrected chi connectivity index (χ4v) is 11.2. The highest BCUT2D eigenvalue weighted by Crippen LogP contribution is 2.75. The molecule has 6 fully saturated rings. The third-order valence-electron chi connectivity index (χ3n) is 13.3. The number of aliphatic hydroxyl groups is 8. The van der Waals surface area contributed by atoms with Gasteiger partial charge in [0.25, 0.3) is 0 Å². The monoisotopic (exact) mass is 614 g/mol. The number of hydrogen-bond donors (Lipinski definition) is 8. The maximum atomic E-state index is 12.7. The van der Waals surface area contributed by atoms with E-state index >= 15 is 0 Å². The van der Waals surface area contributed by atoms with Crippen LogP contribution in [0.4, 0.5) is 0 Å². The van der Waals surface area contributed by atoms with Gasteiger partial charge in [0, 0.05) is 24.4 Å². The average molecular weight is 615 g/mol. The normalized spacial score (nSPS) is 57.2. The van der Waals surface area contributed by atoms with E-state index in [0.717, 1.165) is 25.7 Å². The Morgan fingerprint density at radius 3 is 2.33 bits per heavy atom. The van der Waals surface area contributed by atoms with Crippen molar-refractivity contribution in [2.24, 2.45) is 40.4 Å². The predicted octanol–water partition coefficient (Wildman–Crippen LogP) is 0.0629. The maximum Gasteiger partial charge on any atom is 0.186 e. The second-order valence-corrected chi connectivity index (χ2v) is 15.7. The minimum absolute atomic E-state index is 0.0170. The van der Waals surface area contributed by atoms with Crippen LogP contribution in [-0.2, 0) is 14.2 Å². The lowest BCUT2D eigenvalue weighted by molar-refractivity contribution is -0.291. The van der Waals surface area contributed by atoms with Crippen LogP contribution in [0, 0.1) is 40.4 Å². The molecule has 0 amide bonds. The molecule has 0 aromatic rings. The molecule has 8 N–H and O–H groups in total. The summed E-state index contributed by atoms with van der Waals surface area (Å²) in [5.41, 5.74) is -3.51. The van der Waals surface area contributed by atoms with Crippen LogP contribution < -0.4 is 0 Å². The average Bonchev–Trinajstić information content (AvgIpc) is 3.68. The molecule has 0 aromatic carbocycles. The maximum absolute atomic E-state index is 12.7. The van der Waals surface area contributed by atoms with E-state index in [2.05, 4.69) is 20.8 Å². The van der Waals surface area contributed by atoms with E-state index in [1.165, 1.54) is 0 Å². The van der Waals surface area contributed by atoms with Gasteiger partial charge in [0.1, 0.15) is 30.0 Å². The van der Waals surface area contributed by atoms with Crippen molar-refractivity contribution in [2.75, 3.05) is 13.2 Å². The molecule has 18 atom stereocenters. The fourth-order valence-electron chi connectivity index (χ4n) is 11.2. The molecule has 2 saturated heterocycles. The molecule has 18 unspecified atom stereocenters. The van der Waals surface area contributed by atoms with Gasteiger partial charge < -0.3 is 55.1 Å². The minimum atomic E-state index is -1.42. The minimum Gasteiger partial charge on any atom is -0.396 e. The molecule has 0 aromatic heterocycles. The molecule has 0 bridgehead atoms. The second kappa shape index (κ2) is 11.1. The van der Waals surface area contributed by atoms with E-state index in [1.807, 2.05) is 6.92 Å². The molecule has 1 spiro atoms. The highest BCUT2D eigenvalue weighted by molar-refractivity contribution is 5.31. The van der Waals surface area contributed by atoms with Gasteiger partial charge in [-0.25, -0.2) is 0 Å². The summed E-state index contributed by atoms with van der Waals surface area (Å²) in [7, 11) is 0. The SMILES string of the molecule is CC(CO)CCCC(C)C1C(O)C(O)C2C1(C)CCC1C2(O)CC(O)C23OC2C(OC2OCC(O)C(O)C2O)CCC13C. The van der Waals surface area contributed by atoms with Gasteiger partial charge in [-0.1, -0.05) is 40.5 Å². The molecule has 2 aliphatic heterocycles. The Labute approximate surface area is 254 Å². The van der Waals surface area contributed by atoms with Crippen molar-refractivity contribution in [1.29, 1.82) is 0 Å². The highest BCUT2D eigenvalue weighted by atomic mass is 16.7. The van der Waals surface area contributed by atoms with Crippen LogP contribution in [0.5, 0.6) is 0 Å². The van der Waals surface area contributed by atoms with Crippen LogP contribution in [0.15, 0.2) is 0 Å². The zero-order valence-corrected chi connectivity index (χ0v) is 26.0. The molecular weight excluding hydrogens is 560 g/mol. The van der Waals surface area contributed by atoms with Gasteiger partial charge in [0.2, 0.25) is 0 Å². The first kappa shape index (κ1) is 32.5. The first-order valence-electron chi connectivity index (χ1n) is 16.5. The van der Waals surface area contributed by atoms with Crippen molar-refractivity contribution in [2.45, 2.75) is 145 Å². The summed E-state index contributed by atoms with van der Waals surface area (Å²) in [5, 5.41) is 87.3. The number of fused-ring (bicyclic) bond motifs is 4. The van der Waals surface area contributed by atoms with Gasteiger partial charge in [0.15, 0.2) is 6.29 Å². The number of ether oxygens (including phenoxy) is 3. The summed E-state index contributed by atoms with van der Waals surface area (Å²) in [6, 6.07) is 0. The van der Waals surface area contributed by atoms with Crippen LogP contribution in [0.25, 0.3) is 0 Å². The van der Waals surface area contributed by atoms with Crippen molar-refractivity contribution in [1.82, 2.24) is 0 Å². The lowest BCUT2D eigenvalue weighted by atomic mass is 9.41. The molecule has 11 heteroatoms. The lowest BCUT2D eigenvalue weighted by Crippen LogP contribution is -2.72. The van der Waals surface area contributed by atoms with Crippen molar-refractivity contribution >= 4 is 0 Å². The van der Waals surface area contributed by atoms with Crippen LogP contribution in [-0.4, -0.2) is 120 Å². The Hall–Kier alpha value is -0.440. The summed E-state index contributed by atoms with van der Waals surface area (Å²) in [6.07, 6.45) is -4.11. The van der Waals surface area contributed by atoms with Gasteiger partial charge in [-0.05, 0) is 61.2 Å². The molecule has 2 heterocycles. The first-order valence-corrected chi connectivity index (χ1v) is 16.5. The summed E-state index contributed by atoms with van der Waals surface area (Å²) in [5.74, 6) is -0.751. The van der Waals surface area contributed by atoms with Crippen LogP contribution in [0.2, 0.25) is 0 Å². The Morgan fingerprint density at radius 1 is 0.907 bits per heavy atom. The van der Waals surface area contributed by atoms with Crippen molar-refractivity contribution in [3.8, 4) is 0 Å². The quantitative estimate of drug-likeness (QED) is 0.136. The number of aliphatic hydroxyl groups excluding tert-OH is 7. The Kier molecular flexibility index (Phi) is 8.37. The molecule has 0 radical (unpaired) electrons. The van der Waals surface area contributed by atoms with Gasteiger partial charge in [-0.3, -0.25) is 0 Å². The smallest absolute Gasteiger partial charge is 0.186 e. The van der Waals surface area contributed by atoms with Gasteiger partial charge in [-0.2, -0.15) is 0 Å². The lowest BCUT2D eigenvalue weighted by Gasteiger charge is -2.65. The molecule has 6 aliphatic rings. The van der Waals surface area contributed by atoms with E-state index < -0.39 is 83.1 Å². The molecule has 4 saturated carbocycles. The van der Waals surface area contributed by atoms with E-state index in [0.29, 0.717) is 19.3 Å². The first-order chi connectivity index (χ1) is 20.2. The molecule has 4 aliphatic carbocycles. The van der Waals surface area contributed by atoms with E-state index in [4.69, 9.17) is 14.2 Å². The van der Waals surface area contributed by atoms with E-state index in [-0.39, 0.29) is 43.3 Å². The molecule has 43 heavy (non-hydrogen) atoms. The zero-order chi connectivity index (χ0) is 31.3. The molecule has 248 valence electrons. The fraction of sp³-hybridized carbons (Fsp3) is 1.00. The van der Waals surface area contributed by atoms with Gasteiger partial charge in [-0.15, -0.1) is 0 Å². The van der Waals surface area contributed by atoms with Gasteiger partial charge in [0.05, 0.1) is 36.6 Å². The summed E-state index contributed by atoms with van der Waals surface area (Å²) >= 11 is 0. The number of rotatable bonds is 8. The second-order valence-electron chi connectivity index (χ2n) is 15.7. The third-order valence-corrected chi connectivity index (χ3v) is 13.3. The van der Waals surface area contributed by atoms with E-state index in [1.54, 1.807) is 0 Å². The van der Waals surface area contributed by atoms with Crippen LogP contribution in [0.3, 0.4) is 0 Å². The van der Waals surface area contributed by atoms with Crippen molar-refractivity contribution in [3.05, 3.63) is 0 Å². The zero-order valence-electron chi connectivity index (χ0n) is 26.0. The third kappa shape index (κ3) is 4.55. The van der Waals surface area contributed by atoms with Crippen LogP contribution in [0.1, 0.15) is 79.1 Å². The Morgan fingerprint density at radius 2 is 1.63 bits per heavy atom. The van der Waals surface area contributed by atoms with Gasteiger partial charge >= 0.3 is 0 Å². The topological polar surface area (TPSA) is 193 Å². The molecular formula is C32H54O11. The molecule has 6 rings (SSSR count). The van der Waals surface area contributed by atoms with Crippen molar-refractivity contribution in [3.63, 3.8) is 0 Å². The summed E-state index contributed by atoms with van der Waals surface area (Å²) in [6.45, 7) is 8.29. The van der Waals surface area contributed by atoms with Crippen LogP contribution >= 0.6 is 0 Å². The Bertz CT molecular complexity index is 1030. The molecule has 11 nitrogen and oxygen atoms in total. The number of hydrogen-bond acceptors (Lipinski definition) is 11. The standard InChI is InChI=1S/C32H54O11/c1-15(13-33)6-5-7-16(2)21-23(37)24(38)26-29(21,3)10-9-19-30(4)11-8-18(42-28-25(39)22(36)17(34)14-41-28)27-32(30,43-27)20(35)12-31(19,26)40/h15-28,33-40H,5-14H2,1-4H3. The summed E-state index contributed by atoms with van der Waals surface area (Å²) in [4.78, 5) is 0. The highest BCUT2D eigenvalue weighted by Gasteiger charge is 2.83. The van der Waals surface area contributed by atoms with Crippen molar-refractivity contribution < 1.29 is 55.1 Å².